The second-order valence-corrected chi connectivity index (χ2v) is 5.78. The average molecular weight is 289 g/mol. The zero-order chi connectivity index (χ0) is 14.1. The third-order valence-electron chi connectivity index (χ3n) is 3.51. The molecule has 0 amide bonds. The van der Waals surface area contributed by atoms with Crippen molar-refractivity contribution < 1.29 is 4.92 Å². The molecule has 0 aliphatic carbocycles. The van der Waals surface area contributed by atoms with Gasteiger partial charge in [-0.25, -0.2) is 0 Å². The Hall–Kier alpha value is -2.08. The second-order valence-electron chi connectivity index (χ2n) is 4.80. The maximum Gasteiger partial charge on any atom is 0.292 e. The van der Waals surface area contributed by atoms with Crippen LogP contribution in [0.5, 0.6) is 0 Å². The van der Waals surface area contributed by atoms with Crippen molar-refractivity contribution in [3.8, 4) is 0 Å². The van der Waals surface area contributed by atoms with Gasteiger partial charge in [0.15, 0.2) is 0 Å². The zero-order valence-corrected chi connectivity index (χ0v) is 11.9. The summed E-state index contributed by atoms with van der Waals surface area (Å²) < 4.78 is 0. The first-order valence-electron chi connectivity index (χ1n) is 6.51. The largest absolute Gasteiger partial charge is 0.384 e. The van der Waals surface area contributed by atoms with E-state index in [1.165, 1.54) is 4.88 Å². The predicted octanol–water partition coefficient (Wildman–Crippen LogP) is 3.80. The van der Waals surface area contributed by atoms with E-state index in [1.807, 2.05) is 24.4 Å². The minimum Gasteiger partial charge on any atom is -0.384 e. The van der Waals surface area contributed by atoms with E-state index in [1.54, 1.807) is 23.5 Å². The Kier molecular flexibility index (Phi) is 3.31. The molecule has 0 saturated carbocycles. The van der Waals surface area contributed by atoms with Crippen LogP contribution in [0.25, 0.3) is 0 Å². The van der Waals surface area contributed by atoms with Gasteiger partial charge in [-0.05, 0) is 30.9 Å². The van der Waals surface area contributed by atoms with Crippen molar-refractivity contribution in [3.05, 3.63) is 50.2 Å². The van der Waals surface area contributed by atoms with E-state index in [9.17, 15) is 10.1 Å². The Morgan fingerprint density at radius 3 is 3.00 bits per heavy atom. The van der Waals surface area contributed by atoms with E-state index in [0.29, 0.717) is 5.69 Å². The number of nitrogens with zero attached hydrogens (tertiary/aromatic N) is 1. The number of rotatable bonds is 4. The van der Waals surface area contributed by atoms with Crippen LogP contribution in [0.3, 0.4) is 0 Å². The summed E-state index contributed by atoms with van der Waals surface area (Å²) in [7, 11) is 0. The first-order valence-corrected chi connectivity index (χ1v) is 7.39. The van der Waals surface area contributed by atoms with Crippen molar-refractivity contribution in [2.75, 3.05) is 17.2 Å². The molecule has 0 radical (unpaired) electrons. The van der Waals surface area contributed by atoms with Crippen molar-refractivity contribution in [2.24, 2.45) is 0 Å². The number of nitrogens with one attached hydrogen (secondary N) is 2. The highest BCUT2D eigenvalue weighted by Gasteiger charge is 2.25. The number of anilines is 2. The van der Waals surface area contributed by atoms with Gasteiger partial charge in [-0.15, -0.1) is 11.3 Å². The van der Waals surface area contributed by atoms with Gasteiger partial charge in [0.05, 0.1) is 11.0 Å². The van der Waals surface area contributed by atoms with Crippen molar-refractivity contribution in [2.45, 2.75) is 19.4 Å². The van der Waals surface area contributed by atoms with Gasteiger partial charge in [0, 0.05) is 28.7 Å². The third kappa shape index (κ3) is 2.22. The van der Waals surface area contributed by atoms with E-state index in [4.69, 9.17) is 0 Å². The van der Waals surface area contributed by atoms with Crippen LogP contribution in [-0.2, 0) is 6.42 Å². The lowest BCUT2D eigenvalue weighted by Gasteiger charge is -2.16. The topological polar surface area (TPSA) is 67.2 Å². The van der Waals surface area contributed by atoms with Crippen LogP contribution in [0.1, 0.15) is 23.4 Å². The molecule has 1 aliphatic heterocycles. The predicted molar refractivity (Wildman–Crippen MR) is 81.6 cm³/mol. The molecule has 6 heteroatoms. The molecule has 1 aliphatic rings. The molecular weight excluding hydrogens is 274 g/mol. The lowest BCUT2D eigenvalue weighted by molar-refractivity contribution is -0.384. The Bertz CT molecular complexity index is 640. The van der Waals surface area contributed by atoms with Crippen LogP contribution in [0.2, 0.25) is 0 Å². The minimum absolute atomic E-state index is 0.0563. The quantitative estimate of drug-likeness (QED) is 0.663. The molecule has 0 saturated heterocycles. The van der Waals surface area contributed by atoms with Crippen molar-refractivity contribution in [1.82, 2.24) is 0 Å². The number of hydrogen-bond donors (Lipinski definition) is 2. The van der Waals surface area contributed by atoms with Crippen LogP contribution in [0.15, 0.2) is 29.6 Å². The molecule has 1 atom stereocenters. The van der Waals surface area contributed by atoms with Gasteiger partial charge in [0.25, 0.3) is 5.69 Å². The van der Waals surface area contributed by atoms with Crippen LogP contribution in [0.4, 0.5) is 17.1 Å². The molecule has 5 nitrogen and oxygen atoms in total. The third-order valence-corrected chi connectivity index (χ3v) is 4.56. The molecule has 1 aromatic heterocycles. The summed E-state index contributed by atoms with van der Waals surface area (Å²) in [6.45, 7) is 2.86. The smallest absolute Gasteiger partial charge is 0.292 e. The number of thiophene rings is 1. The average Bonchev–Trinajstić information content (AvgIpc) is 3.10. The Morgan fingerprint density at radius 2 is 2.30 bits per heavy atom. The molecule has 2 N–H and O–H groups in total. The highest BCUT2D eigenvalue weighted by atomic mass is 32.1. The van der Waals surface area contributed by atoms with Crippen LogP contribution in [0, 0.1) is 10.1 Å². The van der Waals surface area contributed by atoms with Crippen LogP contribution < -0.4 is 10.6 Å². The van der Waals surface area contributed by atoms with Gasteiger partial charge in [0.1, 0.15) is 5.69 Å². The summed E-state index contributed by atoms with van der Waals surface area (Å²) in [4.78, 5) is 12.1. The normalized spacial score (nSPS) is 14.4. The molecule has 104 valence electrons. The molecule has 3 rings (SSSR count). The fourth-order valence-electron chi connectivity index (χ4n) is 2.52. The summed E-state index contributed by atoms with van der Waals surface area (Å²) in [6.07, 6.45) is 0.816. The SMILES string of the molecule is CC(Nc1c([N+](=O)[O-])ccc2c1CCN2)c1cccs1. The van der Waals surface area contributed by atoms with Gasteiger partial charge >= 0.3 is 0 Å². The van der Waals surface area contributed by atoms with E-state index in [0.717, 1.165) is 24.2 Å². The lowest BCUT2D eigenvalue weighted by Crippen LogP contribution is -2.09. The number of hydrogen-bond acceptors (Lipinski definition) is 5. The highest BCUT2D eigenvalue weighted by Crippen LogP contribution is 2.39. The van der Waals surface area contributed by atoms with Crippen molar-refractivity contribution in [1.29, 1.82) is 0 Å². The van der Waals surface area contributed by atoms with Crippen LogP contribution >= 0.6 is 11.3 Å². The van der Waals surface area contributed by atoms with Gasteiger partial charge < -0.3 is 10.6 Å². The first kappa shape index (κ1) is 12.9. The number of nitro groups is 1. The van der Waals surface area contributed by atoms with Crippen LogP contribution in [-0.4, -0.2) is 11.5 Å². The highest BCUT2D eigenvalue weighted by molar-refractivity contribution is 7.10. The minimum atomic E-state index is -0.317. The van der Waals surface area contributed by atoms with Crippen molar-refractivity contribution >= 4 is 28.4 Å². The molecule has 2 heterocycles. The molecule has 0 spiro atoms. The molecular formula is C14H15N3O2S. The molecule has 1 unspecified atom stereocenters. The number of benzene rings is 1. The summed E-state index contributed by atoms with van der Waals surface area (Å²) in [6, 6.07) is 7.45. The Labute approximate surface area is 120 Å². The van der Waals surface area contributed by atoms with Gasteiger partial charge in [-0.1, -0.05) is 6.07 Å². The fraction of sp³-hybridized carbons (Fsp3) is 0.286. The molecule has 2 aromatic rings. The molecule has 0 bridgehead atoms. The van der Waals surface area contributed by atoms with E-state index >= 15 is 0 Å². The molecule has 20 heavy (non-hydrogen) atoms. The van der Waals surface area contributed by atoms with Gasteiger partial charge in [-0.3, -0.25) is 10.1 Å². The first-order chi connectivity index (χ1) is 9.66. The summed E-state index contributed by atoms with van der Waals surface area (Å²) in [5.74, 6) is 0. The van der Waals surface area contributed by atoms with Gasteiger partial charge in [0.2, 0.25) is 0 Å². The summed E-state index contributed by atoms with van der Waals surface area (Å²) in [5.41, 5.74) is 2.81. The maximum absolute atomic E-state index is 11.2. The number of fused-ring (bicyclic) bond motifs is 1. The Morgan fingerprint density at radius 1 is 1.45 bits per heavy atom. The summed E-state index contributed by atoms with van der Waals surface area (Å²) in [5, 5.41) is 19.8. The second kappa shape index (κ2) is 5.13. The summed E-state index contributed by atoms with van der Waals surface area (Å²) >= 11 is 1.65. The van der Waals surface area contributed by atoms with E-state index in [2.05, 4.69) is 10.6 Å². The standard InChI is InChI=1S/C14H15N3O2S/c1-9(13-3-2-8-20-13)16-14-10-6-7-15-11(10)4-5-12(14)17(18)19/h2-5,8-9,15-16H,6-7H2,1H3. The zero-order valence-electron chi connectivity index (χ0n) is 11.1. The monoisotopic (exact) mass is 289 g/mol. The van der Waals surface area contributed by atoms with Crippen molar-refractivity contribution in [3.63, 3.8) is 0 Å². The van der Waals surface area contributed by atoms with E-state index in [-0.39, 0.29) is 16.7 Å². The van der Waals surface area contributed by atoms with Gasteiger partial charge in [-0.2, -0.15) is 0 Å². The number of nitro benzene ring substituents is 1. The fourth-order valence-corrected chi connectivity index (χ4v) is 3.26. The Balaban J connectivity index is 1.99. The molecule has 1 aromatic carbocycles. The molecule has 0 fully saturated rings. The lowest BCUT2D eigenvalue weighted by atomic mass is 10.1. The maximum atomic E-state index is 11.2. The van der Waals surface area contributed by atoms with E-state index < -0.39 is 0 Å².